The highest BCUT2D eigenvalue weighted by molar-refractivity contribution is 7.13. The number of carbonyl (C=O) groups excluding carboxylic acids is 1. The number of anilines is 3. The molecular weight excluding hydrogens is 406 g/mol. The van der Waals surface area contributed by atoms with E-state index in [1.807, 2.05) is 24.3 Å². The second-order valence-electron chi connectivity index (χ2n) is 7.27. The lowest BCUT2D eigenvalue weighted by molar-refractivity contribution is -0.138. The van der Waals surface area contributed by atoms with Crippen molar-refractivity contribution >= 4 is 40.0 Å². The molecule has 0 atom stereocenters. The molecule has 156 valence electrons. The Labute approximate surface area is 176 Å². The molecule has 1 amide bonds. The highest BCUT2D eigenvalue weighted by Crippen LogP contribution is 2.37. The van der Waals surface area contributed by atoms with Crippen LogP contribution in [0.2, 0.25) is 0 Å². The van der Waals surface area contributed by atoms with Gasteiger partial charge in [0.15, 0.2) is 5.13 Å². The zero-order valence-electron chi connectivity index (χ0n) is 16.1. The molecule has 0 radical (unpaired) electrons. The molecule has 0 bridgehead atoms. The molecule has 2 aromatic heterocycles. The van der Waals surface area contributed by atoms with Crippen molar-refractivity contribution < 1.29 is 19.1 Å². The van der Waals surface area contributed by atoms with E-state index in [0.29, 0.717) is 16.7 Å². The Kier molecular flexibility index (Phi) is 6.03. The number of amides is 1. The molecule has 10 heteroatoms. The Morgan fingerprint density at radius 2 is 1.90 bits per heavy atom. The van der Waals surface area contributed by atoms with E-state index in [2.05, 4.69) is 25.8 Å². The number of benzene rings is 1. The third-order valence-electron chi connectivity index (χ3n) is 5.22. The average molecular weight is 427 g/mol. The maximum atomic E-state index is 12.3. The van der Waals surface area contributed by atoms with Crippen LogP contribution in [0, 0.1) is 5.92 Å². The largest absolute Gasteiger partial charge is 0.481 e. The fourth-order valence-electron chi connectivity index (χ4n) is 3.71. The van der Waals surface area contributed by atoms with Crippen LogP contribution in [0.4, 0.5) is 16.8 Å². The monoisotopic (exact) mass is 427 g/mol. The van der Waals surface area contributed by atoms with Crippen LogP contribution in [-0.4, -0.2) is 32.2 Å². The molecule has 1 fully saturated rings. The number of rotatable bonds is 7. The van der Waals surface area contributed by atoms with Crippen LogP contribution in [-0.2, 0) is 4.79 Å². The molecule has 3 N–H and O–H groups in total. The summed E-state index contributed by atoms with van der Waals surface area (Å²) >= 11 is 1.38. The zero-order valence-corrected chi connectivity index (χ0v) is 16.9. The molecule has 9 nitrogen and oxygen atoms in total. The summed E-state index contributed by atoms with van der Waals surface area (Å²) < 4.78 is 5.33. The van der Waals surface area contributed by atoms with Gasteiger partial charge in [-0.05, 0) is 55.2 Å². The van der Waals surface area contributed by atoms with Gasteiger partial charge in [-0.15, -0.1) is 16.4 Å². The maximum absolute atomic E-state index is 12.3. The first-order valence-corrected chi connectivity index (χ1v) is 10.6. The molecule has 1 aliphatic carbocycles. The van der Waals surface area contributed by atoms with Gasteiger partial charge in [0.2, 0.25) is 0 Å². The topological polar surface area (TPSA) is 130 Å². The van der Waals surface area contributed by atoms with Gasteiger partial charge in [0.05, 0.1) is 0 Å². The Balaban J connectivity index is 1.31. The van der Waals surface area contributed by atoms with Crippen molar-refractivity contribution in [3.8, 4) is 0 Å². The average Bonchev–Trinajstić information content (AvgIpc) is 3.41. The van der Waals surface area contributed by atoms with Gasteiger partial charge in [0.1, 0.15) is 0 Å². The summed E-state index contributed by atoms with van der Waals surface area (Å²) in [6, 6.07) is 7.80. The summed E-state index contributed by atoms with van der Waals surface area (Å²) in [6.45, 7) is 0. The van der Waals surface area contributed by atoms with E-state index >= 15 is 0 Å². The molecule has 1 saturated carbocycles. The quantitative estimate of drug-likeness (QED) is 0.509. The van der Waals surface area contributed by atoms with Crippen LogP contribution in [0.15, 0.2) is 40.3 Å². The molecule has 1 aromatic carbocycles. The number of nitrogens with zero attached hydrogens (tertiary/aromatic N) is 3. The van der Waals surface area contributed by atoms with Crippen LogP contribution < -0.4 is 10.6 Å². The van der Waals surface area contributed by atoms with E-state index < -0.39 is 11.9 Å². The number of hydrogen-bond donors (Lipinski definition) is 3. The Morgan fingerprint density at radius 3 is 2.57 bits per heavy atom. The number of aliphatic carboxylic acids is 1. The van der Waals surface area contributed by atoms with Crippen LogP contribution in [0.3, 0.4) is 0 Å². The number of nitrogens with one attached hydrogen (secondary N) is 2. The van der Waals surface area contributed by atoms with Crippen LogP contribution >= 0.6 is 11.3 Å². The van der Waals surface area contributed by atoms with Gasteiger partial charge >= 0.3 is 23.8 Å². The van der Waals surface area contributed by atoms with Gasteiger partial charge in [-0.25, -0.2) is 4.98 Å². The minimum absolute atomic E-state index is 0.101. The standard InChI is InChI=1S/C20H21N5O4S/c26-16(27)11-12-1-3-13(4-2-12)14-5-7-15(8-6-14)22-17(28)18-24-25-19(29-18)23-20-21-9-10-30-20/h5-10,12-13H,1-4,11H2,(H,22,28)(H,26,27)(H,21,23,25)/t12-,13-. The molecule has 0 unspecified atom stereocenters. The minimum atomic E-state index is -0.717. The Morgan fingerprint density at radius 1 is 1.13 bits per heavy atom. The lowest BCUT2D eigenvalue weighted by Crippen LogP contribution is -2.16. The first-order valence-electron chi connectivity index (χ1n) is 9.70. The summed E-state index contributed by atoms with van der Waals surface area (Å²) in [5.74, 6) is -0.644. The molecule has 3 aromatic rings. The van der Waals surface area contributed by atoms with Crippen molar-refractivity contribution in [2.24, 2.45) is 5.92 Å². The van der Waals surface area contributed by atoms with Crippen LogP contribution in [0.5, 0.6) is 0 Å². The fourth-order valence-corrected chi connectivity index (χ4v) is 4.23. The first kappa shape index (κ1) is 20.0. The second-order valence-corrected chi connectivity index (χ2v) is 8.16. The Hall–Kier alpha value is -3.27. The SMILES string of the molecule is O=C(O)C[C@H]1CC[C@H](c2ccc(NC(=O)c3nnc(Nc4nccs4)o3)cc2)CC1. The van der Waals surface area contributed by atoms with Crippen molar-refractivity contribution in [3.63, 3.8) is 0 Å². The van der Waals surface area contributed by atoms with E-state index in [0.717, 1.165) is 25.7 Å². The van der Waals surface area contributed by atoms with Crippen molar-refractivity contribution in [1.29, 1.82) is 0 Å². The molecule has 1 aliphatic rings. The van der Waals surface area contributed by atoms with Crippen molar-refractivity contribution in [1.82, 2.24) is 15.2 Å². The lowest BCUT2D eigenvalue weighted by atomic mass is 9.77. The third-order valence-corrected chi connectivity index (χ3v) is 5.90. The summed E-state index contributed by atoms with van der Waals surface area (Å²) in [7, 11) is 0. The zero-order chi connectivity index (χ0) is 20.9. The number of carbonyl (C=O) groups is 2. The van der Waals surface area contributed by atoms with Crippen molar-refractivity contribution in [2.75, 3.05) is 10.6 Å². The van der Waals surface area contributed by atoms with E-state index in [4.69, 9.17) is 9.52 Å². The normalized spacial score (nSPS) is 18.7. The third kappa shape index (κ3) is 5.01. The van der Waals surface area contributed by atoms with Crippen molar-refractivity contribution in [2.45, 2.75) is 38.0 Å². The van der Waals surface area contributed by atoms with E-state index in [1.54, 1.807) is 11.6 Å². The van der Waals surface area contributed by atoms with E-state index in [1.165, 1.54) is 16.9 Å². The van der Waals surface area contributed by atoms with Gasteiger partial charge in [-0.3, -0.25) is 14.9 Å². The van der Waals surface area contributed by atoms with E-state index in [-0.39, 0.29) is 24.2 Å². The molecule has 4 rings (SSSR count). The molecular formula is C20H21N5O4S. The summed E-state index contributed by atoms with van der Waals surface area (Å²) in [5.41, 5.74) is 1.84. The lowest BCUT2D eigenvalue weighted by Gasteiger charge is -2.28. The number of carboxylic acid groups (broad SMARTS) is 1. The summed E-state index contributed by atoms with van der Waals surface area (Å²) in [5, 5.41) is 24.5. The van der Waals surface area contributed by atoms with Crippen molar-refractivity contribution in [3.05, 3.63) is 47.3 Å². The highest BCUT2D eigenvalue weighted by atomic mass is 32.1. The minimum Gasteiger partial charge on any atom is -0.481 e. The van der Waals surface area contributed by atoms with Gasteiger partial charge in [-0.1, -0.05) is 17.2 Å². The number of thiazole rings is 1. The fraction of sp³-hybridized carbons (Fsp3) is 0.350. The number of carboxylic acids is 1. The Bertz CT molecular complexity index is 995. The highest BCUT2D eigenvalue weighted by Gasteiger charge is 2.24. The molecule has 30 heavy (non-hydrogen) atoms. The summed E-state index contributed by atoms with van der Waals surface area (Å²) in [4.78, 5) is 27.3. The predicted octanol–water partition coefficient (Wildman–Crippen LogP) is 4.27. The predicted molar refractivity (Wildman–Crippen MR) is 111 cm³/mol. The number of aromatic nitrogens is 3. The van der Waals surface area contributed by atoms with Crippen LogP contribution in [0.1, 0.15) is 54.3 Å². The maximum Gasteiger partial charge on any atom is 0.322 e. The molecule has 0 spiro atoms. The van der Waals surface area contributed by atoms with Crippen LogP contribution in [0.25, 0.3) is 0 Å². The van der Waals surface area contributed by atoms with Gasteiger partial charge in [0.25, 0.3) is 0 Å². The van der Waals surface area contributed by atoms with Gasteiger partial charge in [-0.2, -0.15) is 0 Å². The second kappa shape index (κ2) is 9.04. The molecule has 2 heterocycles. The van der Waals surface area contributed by atoms with Gasteiger partial charge in [0, 0.05) is 23.7 Å². The molecule has 0 aliphatic heterocycles. The molecule has 0 saturated heterocycles. The number of hydrogen-bond acceptors (Lipinski definition) is 8. The smallest absolute Gasteiger partial charge is 0.322 e. The first-order chi connectivity index (χ1) is 14.6. The van der Waals surface area contributed by atoms with Gasteiger partial charge < -0.3 is 14.8 Å². The summed E-state index contributed by atoms with van der Waals surface area (Å²) in [6.07, 6.45) is 5.74. The van der Waals surface area contributed by atoms with E-state index in [9.17, 15) is 9.59 Å².